The second kappa shape index (κ2) is 9.73. The molecule has 3 rings (SSSR count). The van der Waals surface area contributed by atoms with Gasteiger partial charge in [0, 0.05) is 24.1 Å². The molecule has 1 aromatic heterocycles. The van der Waals surface area contributed by atoms with Crippen LogP contribution in [0.5, 0.6) is 0 Å². The van der Waals surface area contributed by atoms with Crippen molar-refractivity contribution in [3.05, 3.63) is 40.2 Å². The number of carboxylic acids is 2. The van der Waals surface area contributed by atoms with E-state index < -0.39 is 23.4 Å². The summed E-state index contributed by atoms with van der Waals surface area (Å²) in [4.78, 5) is 57.0. The van der Waals surface area contributed by atoms with Crippen molar-refractivity contribution in [2.75, 3.05) is 29.5 Å². The minimum Gasteiger partial charge on any atom is -0.481 e. The number of aromatic amines is 1. The molecule has 0 amide bonds. The molecule has 2 aromatic rings. The van der Waals surface area contributed by atoms with Gasteiger partial charge in [0.2, 0.25) is 5.95 Å². The monoisotopic (exact) mass is 442 g/mol. The van der Waals surface area contributed by atoms with Crippen molar-refractivity contribution >= 4 is 46.6 Å². The fourth-order valence-corrected chi connectivity index (χ4v) is 3.13. The first-order valence-electron chi connectivity index (χ1n) is 9.74. The lowest BCUT2D eigenvalue weighted by atomic mass is 9.94. The van der Waals surface area contributed by atoms with E-state index in [2.05, 4.69) is 25.6 Å². The van der Waals surface area contributed by atoms with Crippen LogP contribution in [0.3, 0.4) is 0 Å². The third kappa shape index (κ3) is 5.68. The molecule has 0 aliphatic carbocycles. The van der Waals surface area contributed by atoms with Crippen LogP contribution in [0.15, 0.2) is 34.1 Å². The van der Waals surface area contributed by atoms with Crippen molar-refractivity contribution < 1.29 is 24.6 Å². The van der Waals surface area contributed by atoms with Gasteiger partial charge in [0.25, 0.3) is 5.56 Å². The third-order valence-electron chi connectivity index (χ3n) is 4.83. The number of H-pyrrole nitrogens is 1. The SMILES string of the molecule is Nc1nc2c(c(=O)[nH]1)N=C(CNc1ccc(C(=O)C[C@H](CCC(=O)O)C(=O)O)cc1)CN2. The summed E-state index contributed by atoms with van der Waals surface area (Å²) in [6.45, 7) is 0.708. The van der Waals surface area contributed by atoms with Crippen LogP contribution in [0, 0.1) is 5.92 Å². The molecule has 0 radical (unpaired) electrons. The Morgan fingerprint density at radius 1 is 1.19 bits per heavy atom. The smallest absolute Gasteiger partial charge is 0.306 e. The zero-order valence-electron chi connectivity index (χ0n) is 16.9. The summed E-state index contributed by atoms with van der Waals surface area (Å²) in [7, 11) is 0. The number of carboxylic acid groups (broad SMARTS) is 2. The third-order valence-corrected chi connectivity index (χ3v) is 4.83. The largest absolute Gasteiger partial charge is 0.481 e. The van der Waals surface area contributed by atoms with Crippen molar-refractivity contribution in [3.63, 3.8) is 0 Å². The van der Waals surface area contributed by atoms with E-state index >= 15 is 0 Å². The number of carbonyl (C=O) groups is 3. The number of benzene rings is 1. The highest BCUT2D eigenvalue weighted by atomic mass is 16.4. The Morgan fingerprint density at radius 3 is 2.56 bits per heavy atom. The van der Waals surface area contributed by atoms with E-state index in [0.29, 0.717) is 35.9 Å². The molecule has 1 atom stereocenters. The molecule has 12 nitrogen and oxygen atoms in total. The average Bonchev–Trinajstić information content (AvgIpc) is 2.75. The van der Waals surface area contributed by atoms with E-state index in [1.54, 1.807) is 24.3 Å². The zero-order chi connectivity index (χ0) is 23.3. The minimum atomic E-state index is -1.20. The first kappa shape index (κ1) is 22.5. The van der Waals surface area contributed by atoms with Gasteiger partial charge in [-0.25, -0.2) is 4.99 Å². The molecule has 12 heteroatoms. The number of aliphatic imine (C=N–C) groups is 1. The summed E-state index contributed by atoms with van der Waals surface area (Å²) >= 11 is 0. The van der Waals surface area contributed by atoms with Crippen LogP contribution in [-0.2, 0) is 9.59 Å². The van der Waals surface area contributed by atoms with Gasteiger partial charge in [-0.05, 0) is 30.7 Å². The van der Waals surface area contributed by atoms with Crippen molar-refractivity contribution in [3.8, 4) is 0 Å². The summed E-state index contributed by atoms with van der Waals surface area (Å²) in [5.74, 6) is -3.41. The number of nitrogens with one attached hydrogen (secondary N) is 3. The normalized spacial score (nSPS) is 13.3. The van der Waals surface area contributed by atoms with Crippen molar-refractivity contribution in [1.29, 1.82) is 0 Å². The molecule has 0 spiro atoms. The number of hydrogen-bond acceptors (Lipinski definition) is 9. The number of ketones is 1. The molecule has 1 aromatic carbocycles. The van der Waals surface area contributed by atoms with Crippen LogP contribution in [0.1, 0.15) is 29.6 Å². The Bertz CT molecular complexity index is 1120. The molecule has 1 aliphatic heterocycles. The van der Waals surface area contributed by atoms with Crippen molar-refractivity contribution in [2.45, 2.75) is 19.3 Å². The molecule has 0 unspecified atom stereocenters. The van der Waals surface area contributed by atoms with E-state index in [0.717, 1.165) is 0 Å². The number of hydrogen-bond donors (Lipinski definition) is 6. The molecule has 0 saturated heterocycles. The predicted molar refractivity (Wildman–Crippen MR) is 117 cm³/mol. The Morgan fingerprint density at radius 2 is 1.91 bits per heavy atom. The summed E-state index contributed by atoms with van der Waals surface area (Å²) in [5, 5.41) is 24.1. The highest BCUT2D eigenvalue weighted by Gasteiger charge is 2.23. The summed E-state index contributed by atoms with van der Waals surface area (Å²) in [6, 6.07) is 6.46. The van der Waals surface area contributed by atoms with Gasteiger partial charge >= 0.3 is 11.9 Å². The topological polar surface area (TPSA) is 200 Å². The van der Waals surface area contributed by atoms with Crippen LogP contribution in [-0.4, -0.2) is 56.7 Å². The average molecular weight is 442 g/mol. The van der Waals surface area contributed by atoms with E-state index in [9.17, 15) is 24.3 Å². The standard InChI is InChI=1S/C20H22N6O6/c21-20-25-17-16(18(30)26-20)24-13(9-23-17)8-22-12-4-1-10(2-5-12)14(27)7-11(19(31)32)3-6-15(28)29/h1-2,4-5,11,22H,3,6-9H2,(H,28,29)(H,31,32)(H4,21,23,25,26,30)/t11-/m0/s1. The number of nitrogens with zero attached hydrogens (tertiary/aromatic N) is 2. The predicted octanol–water partition coefficient (Wildman–Crippen LogP) is 1.10. The quantitative estimate of drug-likeness (QED) is 0.289. The lowest BCUT2D eigenvalue weighted by molar-refractivity contribution is -0.142. The highest BCUT2D eigenvalue weighted by Crippen LogP contribution is 2.22. The molecule has 0 fully saturated rings. The highest BCUT2D eigenvalue weighted by molar-refractivity contribution is 5.99. The molecule has 0 bridgehead atoms. The van der Waals surface area contributed by atoms with E-state index in [-0.39, 0.29) is 36.7 Å². The first-order chi connectivity index (χ1) is 15.2. The Hall–Kier alpha value is -4.22. The van der Waals surface area contributed by atoms with Crippen LogP contribution in [0.4, 0.5) is 23.1 Å². The maximum Gasteiger partial charge on any atom is 0.306 e. The van der Waals surface area contributed by atoms with Gasteiger partial charge < -0.3 is 26.6 Å². The number of aliphatic carboxylic acids is 2. The van der Waals surface area contributed by atoms with Gasteiger partial charge in [-0.15, -0.1) is 0 Å². The number of nitrogens with two attached hydrogens (primary N) is 1. The number of fused-ring (bicyclic) bond motifs is 1. The molecule has 2 heterocycles. The number of aromatic nitrogens is 2. The molecule has 168 valence electrons. The lowest BCUT2D eigenvalue weighted by Crippen LogP contribution is -2.28. The molecule has 32 heavy (non-hydrogen) atoms. The van der Waals surface area contributed by atoms with Gasteiger partial charge in [-0.2, -0.15) is 4.98 Å². The zero-order valence-corrected chi connectivity index (χ0v) is 16.9. The molecule has 0 saturated carbocycles. The van der Waals surface area contributed by atoms with Gasteiger partial charge in [0.15, 0.2) is 17.3 Å². The van der Waals surface area contributed by atoms with Crippen LogP contribution < -0.4 is 21.9 Å². The van der Waals surface area contributed by atoms with Crippen LogP contribution >= 0.6 is 0 Å². The number of nitrogen functional groups attached to an aromatic ring is 1. The second-order valence-electron chi connectivity index (χ2n) is 7.21. The first-order valence-corrected chi connectivity index (χ1v) is 9.74. The number of anilines is 3. The van der Waals surface area contributed by atoms with Crippen molar-refractivity contribution in [2.24, 2.45) is 10.9 Å². The Labute approximate surface area is 181 Å². The van der Waals surface area contributed by atoms with Gasteiger partial charge in [-0.3, -0.25) is 24.2 Å². The molecule has 7 N–H and O–H groups in total. The summed E-state index contributed by atoms with van der Waals surface area (Å²) < 4.78 is 0. The summed E-state index contributed by atoms with van der Waals surface area (Å²) in [6.07, 6.45) is -0.698. The van der Waals surface area contributed by atoms with Gasteiger partial charge in [0.1, 0.15) is 0 Å². The maximum absolute atomic E-state index is 12.4. The molecular formula is C20H22N6O6. The fourth-order valence-electron chi connectivity index (χ4n) is 3.13. The molecular weight excluding hydrogens is 420 g/mol. The fraction of sp³-hybridized carbons (Fsp3) is 0.300. The minimum absolute atomic E-state index is 0.00391. The van der Waals surface area contributed by atoms with Crippen LogP contribution in [0.25, 0.3) is 0 Å². The van der Waals surface area contributed by atoms with E-state index in [1.165, 1.54) is 0 Å². The Kier molecular flexibility index (Phi) is 6.83. The lowest BCUT2D eigenvalue weighted by Gasteiger charge is -2.17. The second-order valence-corrected chi connectivity index (χ2v) is 7.21. The number of rotatable bonds is 10. The summed E-state index contributed by atoms with van der Waals surface area (Å²) in [5.41, 5.74) is 6.91. The van der Waals surface area contributed by atoms with E-state index in [1.807, 2.05) is 0 Å². The van der Waals surface area contributed by atoms with Crippen molar-refractivity contribution in [1.82, 2.24) is 9.97 Å². The number of Topliss-reactive ketones (excluding diaryl/α,β-unsaturated/α-hetero) is 1. The maximum atomic E-state index is 12.4. The van der Waals surface area contributed by atoms with Crippen LogP contribution in [0.2, 0.25) is 0 Å². The number of carbonyl (C=O) groups excluding carboxylic acids is 1. The van der Waals surface area contributed by atoms with Gasteiger partial charge in [-0.1, -0.05) is 0 Å². The van der Waals surface area contributed by atoms with Gasteiger partial charge in [0.05, 0.1) is 24.7 Å². The Balaban J connectivity index is 1.59. The molecule has 1 aliphatic rings. The van der Waals surface area contributed by atoms with E-state index in [4.69, 9.17) is 10.8 Å².